The molecule has 0 spiro atoms. The summed E-state index contributed by atoms with van der Waals surface area (Å²) in [7, 11) is 0. The van der Waals surface area contributed by atoms with E-state index in [0.29, 0.717) is 6.54 Å². The summed E-state index contributed by atoms with van der Waals surface area (Å²) in [6.45, 7) is 2.55. The Bertz CT molecular complexity index is 603. The molecule has 0 radical (unpaired) electrons. The third kappa shape index (κ3) is 5.21. The van der Waals surface area contributed by atoms with Gasteiger partial charge in [0.25, 0.3) is 0 Å². The average Bonchev–Trinajstić information content (AvgIpc) is 2.68. The molecule has 0 bridgehead atoms. The molecule has 1 aliphatic heterocycles. The Morgan fingerprint density at radius 2 is 1.65 bits per heavy atom. The van der Waals surface area contributed by atoms with Gasteiger partial charge in [-0.1, -0.05) is 31.4 Å². The number of hydrogen-bond donors (Lipinski definition) is 3. The molecular weight excluding hydrogens is 330 g/mol. The van der Waals surface area contributed by atoms with Crippen molar-refractivity contribution in [3.8, 4) is 0 Å². The first-order chi connectivity index (χ1) is 12.6. The standard InChI is InChI=1S/C20H29N3O3/c24-19(25)16-8-6-15(7-9-16)14-21-20(26)22-17-10-12-23(13-11-17)18-4-2-1-3-5-18/h6-9,17-18H,1-5,10-14H2,(H,24,25)(H2,21,22,26). The number of hydrogen-bond acceptors (Lipinski definition) is 3. The smallest absolute Gasteiger partial charge is 0.335 e. The van der Waals surface area contributed by atoms with Gasteiger partial charge < -0.3 is 20.6 Å². The maximum atomic E-state index is 12.1. The highest BCUT2D eigenvalue weighted by Gasteiger charge is 2.26. The van der Waals surface area contributed by atoms with E-state index in [1.807, 2.05) is 0 Å². The highest BCUT2D eigenvalue weighted by Crippen LogP contribution is 2.25. The van der Waals surface area contributed by atoms with Crippen LogP contribution in [0.2, 0.25) is 0 Å². The van der Waals surface area contributed by atoms with Crippen molar-refractivity contribution in [3.05, 3.63) is 35.4 Å². The van der Waals surface area contributed by atoms with E-state index in [1.54, 1.807) is 24.3 Å². The van der Waals surface area contributed by atoms with Crippen LogP contribution in [0.25, 0.3) is 0 Å². The Kier molecular flexibility index (Phi) is 6.50. The SMILES string of the molecule is O=C(NCc1ccc(C(=O)O)cc1)NC1CCN(C2CCCCC2)CC1. The first-order valence-electron chi connectivity index (χ1n) is 9.72. The van der Waals surface area contributed by atoms with E-state index in [1.165, 1.54) is 32.1 Å². The third-order valence-electron chi connectivity index (χ3n) is 5.61. The Labute approximate surface area is 155 Å². The van der Waals surface area contributed by atoms with Gasteiger partial charge in [-0.2, -0.15) is 0 Å². The summed E-state index contributed by atoms with van der Waals surface area (Å²) in [4.78, 5) is 25.6. The number of carbonyl (C=O) groups is 2. The summed E-state index contributed by atoms with van der Waals surface area (Å²) in [5.41, 5.74) is 1.14. The normalized spacial score (nSPS) is 19.8. The molecule has 6 nitrogen and oxygen atoms in total. The first-order valence-corrected chi connectivity index (χ1v) is 9.72. The van der Waals surface area contributed by atoms with E-state index >= 15 is 0 Å². The number of carboxylic acid groups (broad SMARTS) is 1. The molecular formula is C20H29N3O3. The summed E-state index contributed by atoms with van der Waals surface area (Å²) >= 11 is 0. The van der Waals surface area contributed by atoms with Crippen LogP contribution in [-0.2, 0) is 6.54 Å². The maximum Gasteiger partial charge on any atom is 0.335 e. The highest BCUT2D eigenvalue weighted by atomic mass is 16.4. The summed E-state index contributed by atoms with van der Waals surface area (Å²) in [5.74, 6) is -0.943. The molecule has 26 heavy (non-hydrogen) atoms. The number of carbonyl (C=O) groups excluding carboxylic acids is 1. The van der Waals surface area contributed by atoms with Gasteiger partial charge in [-0.25, -0.2) is 9.59 Å². The minimum absolute atomic E-state index is 0.150. The van der Waals surface area contributed by atoms with Gasteiger partial charge in [0.05, 0.1) is 5.56 Å². The van der Waals surface area contributed by atoms with Crippen LogP contribution >= 0.6 is 0 Å². The van der Waals surface area contributed by atoms with E-state index in [9.17, 15) is 9.59 Å². The third-order valence-corrected chi connectivity index (χ3v) is 5.61. The Balaban J connectivity index is 1.36. The van der Waals surface area contributed by atoms with Crippen LogP contribution in [0.4, 0.5) is 4.79 Å². The number of carboxylic acids is 1. The number of nitrogens with zero attached hydrogens (tertiary/aromatic N) is 1. The van der Waals surface area contributed by atoms with Crippen molar-refractivity contribution in [2.45, 2.75) is 63.6 Å². The number of piperidine rings is 1. The van der Waals surface area contributed by atoms with Gasteiger partial charge in [-0.05, 0) is 43.4 Å². The number of urea groups is 1. The van der Waals surface area contributed by atoms with Crippen molar-refractivity contribution in [2.24, 2.45) is 0 Å². The molecule has 2 fully saturated rings. The molecule has 3 rings (SSSR count). The van der Waals surface area contributed by atoms with E-state index in [4.69, 9.17) is 5.11 Å². The monoisotopic (exact) mass is 359 g/mol. The molecule has 2 amide bonds. The molecule has 1 aliphatic carbocycles. The van der Waals surface area contributed by atoms with Gasteiger partial charge in [0, 0.05) is 31.7 Å². The lowest BCUT2D eigenvalue weighted by atomic mass is 9.92. The first kappa shape index (κ1) is 18.7. The van der Waals surface area contributed by atoms with Crippen LogP contribution in [0.5, 0.6) is 0 Å². The molecule has 142 valence electrons. The Morgan fingerprint density at radius 1 is 1.00 bits per heavy atom. The lowest BCUT2D eigenvalue weighted by molar-refractivity contribution is 0.0697. The van der Waals surface area contributed by atoms with Crippen molar-refractivity contribution >= 4 is 12.0 Å². The van der Waals surface area contributed by atoms with Gasteiger partial charge in [-0.15, -0.1) is 0 Å². The molecule has 1 heterocycles. The maximum absolute atomic E-state index is 12.1. The summed E-state index contributed by atoms with van der Waals surface area (Å²) < 4.78 is 0. The molecule has 0 aromatic heterocycles. The summed E-state index contributed by atoms with van der Waals surface area (Å²) in [6, 6.07) is 7.41. The average molecular weight is 359 g/mol. The molecule has 3 N–H and O–H groups in total. The Morgan fingerprint density at radius 3 is 2.27 bits per heavy atom. The van der Waals surface area contributed by atoms with Gasteiger partial charge in [-0.3, -0.25) is 0 Å². The van der Waals surface area contributed by atoms with Crippen molar-refractivity contribution in [1.82, 2.24) is 15.5 Å². The molecule has 1 saturated carbocycles. The Hall–Kier alpha value is -2.08. The number of rotatable bonds is 5. The second kappa shape index (κ2) is 9.03. The second-order valence-electron chi connectivity index (χ2n) is 7.43. The molecule has 0 atom stereocenters. The second-order valence-corrected chi connectivity index (χ2v) is 7.43. The lowest BCUT2D eigenvalue weighted by Gasteiger charge is -2.39. The van der Waals surface area contributed by atoms with Gasteiger partial charge in [0.15, 0.2) is 0 Å². The molecule has 6 heteroatoms. The van der Waals surface area contributed by atoms with Crippen LogP contribution < -0.4 is 10.6 Å². The summed E-state index contributed by atoms with van der Waals surface area (Å²) in [5, 5.41) is 14.8. The number of nitrogens with one attached hydrogen (secondary N) is 2. The van der Waals surface area contributed by atoms with Crippen LogP contribution in [-0.4, -0.2) is 47.2 Å². The van der Waals surface area contributed by atoms with E-state index in [-0.39, 0.29) is 17.6 Å². The van der Waals surface area contributed by atoms with E-state index in [0.717, 1.165) is 37.5 Å². The number of aromatic carboxylic acids is 1. The predicted octanol–water partition coefficient (Wildman–Crippen LogP) is 2.98. The minimum Gasteiger partial charge on any atom is -0.478 e. The zero-order valence-corrected chi connectivity index (χ0v) is 15.2. The zero-order valence-electron chi connectivity index (χ0n) is 15.2. The van der Waals surface area contributed by atoms with Crippen LogP contribution in [0.15, 0.2) is 24.3 Å². The van der Waals surface area contributed by atoms with Gasteiger partial charge >= 0.3 is 12.0 Å². The summed E-state index contributed by atoms with van der Waals surface area (Å²) in [6.07, 6.45) is 8.79. The van der Waals surface area contributed by atoms with Crippen LogP contribution in [0.1, 0.15) is 60.9 Å². The fourth-order valence-corrected chi connectivity index (χ4v) is 4.04. The van der Waals surface area contributed by atoms with Crippen LogP contribution in [0, 0.1) is 0 Å². The topological polar surface area (TPSA) is 81.7 Å². The number of benzene rings is 1. The van der Waals surface area contributed by atoms with Crippen molar-refractivity contribution in [2.75, 3.05) is 13.1 Å². The van der Waals surface area contributed by atoms with Gasteiger partial charge in [0.1, 0.15) is 0 Å². The molecule has 1 aromatic carbocycles. The molecule has 0 unspecified atom stereocenters. The van der Waals surface area contributed by atoms with Crippen molar-refractivity contribution in [1.29, 1.82) is 0 Å². The largest absolute Gasteiger partial charge is 0.478 e. The number of amides is 2. The van der Waals surface area contributed by atoms with Crippen LogP contribution in [0.3, 0.4) is 0 Å². The van der Waals surface area contributed by atoms with E-state index in [2.05, 4.69) is 15.5 Å². The van der Waals surface area contributed by atoms with Crippen molar-refractivity contribution < 1.29 is 14.7 Å². The molecule has 1 saturated heterocycles. The predicted molar refractivity (Wildman–Crippen MR) is 100 cm³/mol. The quantitative estimate of drug-likeness (QED) is 0.755. The lowest BCUT2D eigenvalue weighted by Crippen LogP contribution is -2.50. The fraction of sp³-hybridized carbons (Fsp3) is 0.600. The molecule has 2 aliphatic rings. The van der Waals surface area contributed by atoms with Gasteiger partial charge in [0.2, 0.25) is 0 Å². The van der Waals surface area contributed by atoms with Crippen molar-refractivity contribution in [3.63, 3.8) is 0 Å². The minimum atomic E-state index is -0.943. The zero-order chi connectivity index (χ0) is 18.4. The fourth-order valence-electron chi connectivity index (χ4n) is 4.04. The molecule has 1 aromatic rings. The highest BCUT2D eigenvalue weighted by molar-refractivity contribution is 5.87. The van der Waals surface area contributed by atoms with E-state index < -0.39 is 5.97 Å². The number of likely N-dealkylation sites (tertiary alicyclic amines) is 1.